The summed E-state index contributed by atoms with van der Waals surface area (Å²) in [6, 6.07) is 0. The predicted octanol–water partition coefficient (Wildman–Crippen LogP) is 21.4. The van der Waals surface area contributed by atoms with Crippen molar-refractivity contribution in [3.05, 3.63) is 0 Å². The maximum atomic E-state index is 11.8. The Hall–Kier alpha value is 1.45. The van der Waals surface area contributed by atoms with Crippen LogP contribution in [0.3, 0.4) is 0 Å². The van der Waals surface area contributed by atoms with E-state index in [-0.39, 0.29) is 21.1 Å². The third-order valence-corrected chi connectivity index (χ3v) is 22.8. The van der Waals surface area contributed by atoms with Crippen LogP contribution >= 0.6 is 29.5 Å². The zero-order valence-corrected chi connectivity index (χ0v) is 58.6. The molecule has 0 radical (unpaired) electrons. The molecule has 466 valence electrons. The van der Waals surface area contributed by atoms with Gasteiger partial charge in [0.1, 0.15) is 0 Å². The van der Waals surface area contributed by atoms with Gasteiger partial charge in [-0.1, -0.05) is 312 Å². The maximum absolute atomic E-state index is 11.8. The van der Waals surface area contributed by atoms with Crippen molar-refractivity contribution in [3.63, 3.8) is 0 Å². The van der Waals surface area contributed by atoms with Gasteiger partial charge in [-0.05, 0) is 101 Å². The van der Waals surface area contributed by atoms with Gasteiger partial charge >= 0.3 is 21.1 Å². The smallest absolute Gasteiger partial charge is 0.799 e. The van der Waals surface area contributed by atoms with Gasteiger partial charge in [-0.25, -0.2) is 0 Å². The minimum absolute atomic E-state index is 0. The second-order valence-electron chi connectivity index (χ2n) is 23.2. The molecule has 0 atom stereocenters. The summed E-state index contributed by atoms with van der Waals surface area (Å²) in [7, 11) is -12.2. The molecule has 0 aromatic heterocycles. The number of hydrogen-bond acceptors (Lipinski definition) is 8. The average molecular weight is 1250 g/mol. The van der Waals surface area contributed by atoms with E-state index in [9.17, 15) is 37.8 Å². The van der Waals surface area contributed by atoms with Crippen molar-refractivity contribution >= 4 is 29.5 Å². The van der Waals surface area contributed by atoms with Crippen LogP contribution in [0, 0.1) is 0 Å². The number of unbranched alkanes of at least 4 members (excludes halogenated alkanes) is 40. The Morgan fingerprint density at radius 2 is 0.247 bits per heavy atom. The first-order valence-corrected chi connectivity index (χ1v) is 41.6. The predicted molar refractivity (Wildman–Crippen MR) is 336 cm³/mol. The monoisotopic (exact) mass is 1250 g/mol. The largest absolute Gasteiger partial charge is 4.00 e. The minimum Gasteiger partial charge on any atom is -0.799 e. The van der Waals surface area contributed by atoms with Crippen LogP contribution in [0.2, 0.25) is 0 Å². The summed E-state index contributed by atoms with van der Waals surface area (Å²) >= 11 is 0. The molecule has 0 heterocycles. The van der Waals surface area contributed by atoms with Gasteiger partial charge in [0.15, 0.2) is 0 Å². The molecule has 0 N–H and O–H groups in total. The molecule has 0 aliphatic carbocycles. The van der Waals surface area contributed by atoms with Crippen LogP contribution in [0.25, 0.3) is 0 Å². The summed E-state index contributed by atoms with van der Waals surface area (Å²) in [6.45, 7) is 17.6. The Morgan fingerprint density at radius 3 is 0.338 bits per heavy atom. The van der Waals surface area contributed by atoms with Crippen molar-refractivity contribution in [1.82, 2.24) is 0 Å². The Morgan fingerprint density at radius 1 is 0.169 bits per heavy atom. The van der Waals surface area contributed by atoms with E-state index >= 15 is 0 Å². The molecule has 0 aromatic rings. The summed E-state index contributed by atoms with van der Waals surface area (Å²) in [5.74, 6) is 0. The summed E-state index contributed by atoms with van der Waals surface area (Å²) in [5, 5.41) is 0. The van der Waals surface area contributed by atoms with Gasteiger partial charge < -0.3 is 37.8 Å². The van der Waals surface area contributed by atoms with Crippen LogP contribution in [0.4, 0.5) is 0 Å². The fourth-order valence-electron chi connectivity index (χ4n) is 9.51. The molecule has 77 heavy (non-hydrogen) atoms. The van der Waals surface area contributed by atoms with Gasteiger partial charge in [-0.2, -0.15) is 0 Å². The zero-order chi connectivity index (χ0) is 57.6. The molecule has 0 unspecified atom stereocenters. The first-order valence-electron chi connectivity index (χ1n) is 33.6. The molecule has 0 aliphatic rings. The van der Waals surface area contributed by atoms with Crippen LogP contribution in [0.1, 0.15) is 364 Å². The minimum atomic E-state index is -3.05. The SMILES string of the molecule is CCCCCCCCP(=O)([O-])CCCCCCCC.CCCCCCCCP(=O)([O-])CCCCCCCC.CCCCCCCCP(=O)([O-])CCCCCCCC.CCCCCCCCP(=O)([O-])CCCCCCCC.[Mo+4]. The molecule has 0 fully saturated rings. The molecule has 0 aliphatic heterocycles. The molecule has 0 spiro atoms. The summed E-state index contributed by atoms with van der Waals surface area (Å²) in [5.41, 5.74) is 0. The second-order valence-corrected chi connectivity index (χ2v) is 33.3. The van der Waals surface area contributed by atoms with Crippen LogP contribution in [0.5, 0.6) is 0 Å². The summed E-state index contributed by atoms with van der Waals surface area (Å²) in [6.07, 6.45) is 59.1. The molecule has 13 heteroatoms. The Kier molecular flexibility index (Phi) is 77.3. The molecule has 0 saturated carbocycles. The van der Waals surface area contributed by atoms with Crippen molar-refractivity contribution < 1.29 is 58.9 Å². The van der Waals surface area contributed by atoms with E-state index in [1.54, 1.807) is 0 Å². The van der Waals surface area contributed by atoms with Crippen LogP contribution in [-0.4, -0.2) is 49.3 Å². The summed E-state index contributed by atoms with van der Waals surface area (Å²) < 4.78 is 47.3. The second kappa shape index (κ2) is 68.2. The topological polar surface area (TPSA) is 161 Å². The van der Waals surface area contributed by atoms with E-state index in [1.807, 2.05) is 0 Å². The van der Waals surface area contributed by atoms with E-state index in [1.165, 1.54) is 205 Å². The standard InChI is InChI=1S/4C16H35O2P.Mo/c4*1-3-5-7-9-11-13-15-19(17,18)16-14-12-10-8-6-4-2;/h4*3-16H2,1-2H3,(H,17,18);/q;;;;+4/p-4. The Balaban J connectivity index is -0.000000298. The Bertz CT molecular complexity index is 1030. The van der Waals surface area contributed by atoms with E-state index in [0.717, 1.165) is 103 Å². The normalized spacial score (nSPS) is 11.8. The molecule has 0 amide bonds. The third kappa shape index (κ3) is 81.7. The van der Waals surface area contributed by atoms with Crippen LogP contribution in [0.15, 0.2) is 0 Å². The zero-order valence-electron chi connectivity index (χ0n) is 53.1. The quantitative estimate of drug-likeness (QED) is 0.0330. The Labute approximate surface area is 498 Å². The van der Waals surface area contributed by atoms with Gasteiger partial charge in [0, 0.05) is 29.5 Å². The molecule has 0 saturated heterocycles. The number of rotatable bonds is 56. The number of hydrogen-bond donors (Lipinski definition) is 0. The van der Waals surface area contributed by atoms with Gasteiger partial charge in [-0.3, -0.25) is 0 Å². The molecule has 0 aromatic carbocycles. The first kappa shape index (κ1) is 87.2. The van der Waals surface area contributed by atoms with Crippen molar-refractivity contribution in [2.24, 2.45) is 0 Å². The van der Waals surface area contributed by atoms with Crippen molar-refractivity contribution in [3.8, 4) is 0 Å². The molecular weight excluding hydrogens is 1120 g/mol. The van der Waals surface area contributed by atoms with E-state index < -0.39 is 29.5 Å². The maximum Gasteiger partial charge on any atom is 4.00 e. The van der Waals surface area contributed by atoms with Crippen LogP contribution in [-0.2, 0) is 39.3 Å². The summed E-state index contributed by atoms with van der Waals surface area (Å²) in [4.78, 5) is 47.3. The fourth-order valence-corrected chi connectivity index (χ4v) is 16.0. The van der Waals surface area contributed by atoms with Gasteiger partial charge in [-0.15, -0.1) is 0 Å². The molecule has 0 rings (SSSR count). The van der Waals surface area contributed by atoms with Gasteiger partial charge in [0.25, 0.3) is 0 Å². The molecule has 0 bridgehead atoms. The van der Waals surface area contributed by atoms with E-state index in [2.05, 4.69) is 55.4 Å². The first-order chi connectivity index (χ1) is 36.5. The van der Waals surface area contributed by atoms with E-state index in [4.69, 9.17) is 0 Å². The van der Waals surface area contributed by atoms with Gasteiger partial charge in [0.2, 0.25) is 0 Å². The van der Waals surface area contributed by atoms with Crippen molar-refractivity contribution in [2.45, 2.75) is 364 Å². The van der Waals surface area contributed by atoms with Gasteiger partial charge in [0.05, 0.1) is 0 Å². The fraction of sp³-hybridized carbons (Fsp3) is 1.00. The van der Waals surface area contributed by atoms with Crippen LogP contribution < -0.4 is 19.6 Å². The molecule has 8 nitrogen and oxygen atoms in total. The van der Waals surface area contributed by atoms with Crippen molar-refractivity contribution in [2.75, 3.05) is 49.3 Å². The third-order valence-electron chi connectivity index (χ3n) is 14.8. The van der Waals surface area contributed by atoms with Crippen molar-refractivity contribution in [1.29, 1.82) is 0 Å². The molecular formula is C64H136MoO8P4. The average Bonchev–Trinajstić information content (AvgIpc) is 3.38. The van der Waals surface area contributed by atoms with E-state index in [0.29, 0.717) is 49.3 Å².